The zero-order valence-corrected chi connectivity index (χ0v) is 11.9. The molecule has 0 N–H and O–H groups in total. The molecule has 0 aromatic heterocycles. The second-order valence-electron chi connectivity index (χ2n) is 4.49. The van der Waals surface area contributed by atoms with E-state index in [4.69, 9.17) is 14.2 Å². The van der Waals surface area contributed by atoms with Gasteiger partial charge in [-0.15, -0.1) is 4.40 Å². The second-order valence-corrected chi connectivity index (χ2v) is 7.42. The maximum Gasteiger partial charge on any atom is 0.268 e. The van der Waals surface area contributed by atoms with Crippen molar-refractivity contribution < 1.29 is 22.6 Å². The summed E-state index contributed by atoms with van der Waals surface area (Å²) in [6.07, 6.45) is 0. The van der Waals surface area contributed by atoms with E-state index in [2.05, 4.69) is 4.40 Å². The molecule has 3 rings (SSSR count). The summed E-state index contributed by atoms with van der Waals surface area (Å²) >= 11 is 1.03. The van der Waals surface area contributed by atoms with Crippen molar-refractivity contribution in [2.45, 2.75) is 19.6 Å². The predicted octanol–water partition coefficient (Wildman–Crippen LogP) is 1.96. The molecule has 0 radical (unpaired) electrons. The Morgan fingerprint density at radius 3 is 2.84 bits per heavy atom. The molecular weight excluding hydrogens is 290 g/mol. The molecule has 1 aromatic rings. The average molecular weight is 301 g/mol. The zero-order chi connectivity index (χ0) is 13.7. The van der Waals surface area contributed by atoms with Crippen molar-refractivity contribution >= 4 is 27.0 Å². The number of rotatable bonds is 1. The highest BCUT2D eigenvalue weighted by Gasteiger charge is 2.35. The number of fused-ring (bicyclic) bond motifs is 1. The van der Waals surface area contributed by atoms with Gasteiger partial charge in [0.05, 0.1) is 0 Å². The number of ether oxygens (including phenoxy) is 3. The van der Waals surface area contributed by atoms with Gasteiger partial charge in [-0.05, 0) is 23.9 Å². The van der Waals surface area contributed by atoms with E-state index in [0.717, 1.165) is 11.8 Å². The highest BCUT2D eigenvalue weighted by Crippen LogP contribution is 2.46. The molecule has 2 aliphatic rings. The van der Waals surface area contributed by atoms with E-state index in [1.807, 2.05) is 0 Å². The Labute approximate surface area is 114 Å². The van der Waals surface area contributed by atoms with Crippen LogP contribution in [-0.2, 0) is 10.0 Å². The van der Waals surface area contributed by atoms with Crippen LogP contribution in [0.15, 0.2) is 22.6 Å². The molecule has 0 fully saturated rings. The molecule has 0 spiro atoms. The molecule has 0 amide bonds. The first-order valence-electron chi connectivity index (χ1n) is 5.49. The van der Waals surface area contributed by atoms with Crippen LogP contribution in [0, 0.1) is 0 Å². The second kappa shape index (κ2) is 4.04. The summed E-state index contributed by atoms with van der Waals surface area (Å²) in [7, 11) is -3.40. The number of nitrogens with zero attached hydrogens (tertiary/aromatic N) is 1. The van der Waals surface area contributed by atoms with Crippen molar-refractivity contribution in [2.75, 3.05) is 5.08 Å². The Bertz CT molecular complexity index is 666. The van der Waals surface area contributed by atoms with Crippen LogP contribution in [0.2, 0.25) is 0 Å². The van der Waals surface area contributed by atoms with Gasteiger partial charge >= 0.3 is 0 Å². The van der Waals surface area contributed by atoms with Gasteiger partial charge in [0, 0.05) is 13.8 Å². The lowest BCUT2D eigenvalue weighted by atomic mass is 10.3. The minimum atomic E-state index is -3.40. The van der Waals surface area contributed by atoms with Crippen LogP contribution in [0.4, 0.5) is 0 Å². The fourth-order valence-corrected chi connectivity index (χ4v) is 3.90. The molecule has 102 valence electrons. The fourth-order valence-electron chi connectivity index (χ4n) is 1.72. The Hall–Kier alpha value is -1.41. The smallest absolute Gasteiger partial charge is 0.268 e. The van der Waals surface area contributed by atoms with Crippen molar-refractivity contribution in [2.24, 2.45) is 4.40 Å². The molecule has 2 aliphatic heterocycles. The Kier molecular flexibility index (Phi) is 2.68. The molecule has 0 saturated carbocycles. The maximum atomic E-state index is 11.2. The summed E-state index contributed by atoms with van der Waals surface area (Å²) in [5.74, 6) is 0.652. The number of para-hydroxylation sites is 1. The zero-order valence-electron chi connectivity index (χ0n) is 10.2. The third-order valence-corrected chi connectivity index (χ3v) is 5.03. The Balaban J connectivity index is 1.91. The van der Waals surface area contributed by atoms with Crippen LogP contribution in [0.1, 0.15) is 13.8 Å². The van der Waals surface area contributed by atoms with Crippen LogP contribution in [0.25, 0.3) is 0 Å². The maximum absolute atomic E-state index is 11.2. The largest absolute Gasteiger partial charge is 0.449 e. The summed E-state index contributed by atoms with van der Waals surface area (Å²) in [5.41, 5.74) is 0. The van der Waals surface area contributed by atoms with E-state index in [1.165, 1.54) is 0 Å². The van der Waals surface area contributed by atoms with Crippen LogP contribution in [0.3, 0.4) is 0 Å². The van der Waals surface area contributed by atoms with E-state index >= 15 is 0 Å². The fraction of sp³-hybridized carbons (Fsp3) is 0.364. The van der Waals surface area contributed by atoms with Gasteiger partial charge in [0.2, 0.25) is 11.5 Å². The molecule has 6 nitrogen and oxygen atoms in total. The molecule has 8 heteroatoms. The highest BCUT2D eigenvalue weighted by atomic mass is 32.3. The van der Waals surface area contributed by atoms with Crippen molar-refractivity contribution in [3.63, 3.8) is 0 Å². The van der Waals surface area contributed by atoms with Gasteiger partial charge in [0.1, 0.15) is 5.08 Å². The lowest BCUT2D eigenvalue weighted by Crippen LogP contribution is -2.29. The van der Waals surface area contributed by atoms with Crippen molar-refractivity contribution in [1.29, 1.82) is 0 Å². The molecule has 0 aliphatic carbocycles. The lowest BCUT2D eigenvalue weighted by molar-refractivity contribution is -0.0437. The first kappa shape index (κ1) is 12.6. The minimum absolute atomic E-state index is 0.0970. The van der Waals surface area contributed by atoms with Gasteiger partial charge in [0.25, 0.3) is 15.3 Å². The summed E-state index contributed by atoms with van der Waals surface area (Å²) < 4.78 is 42.6. The molecule has 0 atom stereocenters. The summed E-state index contributed by atoms with van der Waals surface area (Å²) in [5, 5.41) is 0.00179. The third kappa shape index (κ3) is 2.50. The molecule has 0 unspecified atom stereocenters. The Morgan fingerprint density at radius 1 is 1.37 bits per heavy atom. The van der Waals surface area contributed by atoms with Crippen molar-refractivity contribution in [3.8, 4) is 17.2 Å². The topological polar surface area (TPSA) is 74.2 Å². The van der Waals surface area contributed by atoms with Crippen LogP contribution in [0.5, 0.6) is 17.2 Å². The quantitative estimate of drug-likeness (QED) is 0.789. The first-order valence-corrected chi connectivity index (χ1v) is 8.08. The number of thioether (sulfide) groups is 1. The normalized spacial score (nSPS) is 22.1. The van der Waals surface area contributed by atoms with Gasteiger partial charge in [-0.1, -0.05) is 6.07 Å². The van der Waals surface area contributed by atoms with Crippen LogP contribution in [-0.4, -0.2) is 24.5 Å². The number of benzene rings is 1. The van der Waals surface area contributed by atoms with Crippen LogP contribution >= 0.6 is 11.8 Å². The van der Waals surface area contributed by atoms with Gasteiger partial charge in [-0.25, -0.2) is 8.42 Å². The summed E-state index contributed by atoms with van der Waals surface area (Å²) in [6.45, 7) is 3.56. The molecule has 19 heavy (non-hydrogen) atoms. The molecular formula is C11H11NO5S2. The molecule has 1 aromatic carbocycles. The average Bonchev–Trinajstić information content (AvgIpc) is 2.77. The Morgan fingerprint density at radius 2 is 2.16 bits per heavy atom. The van der Waals surface area contributed by atoms with Gasteiger partial charge in [0.15, 0.2) is 11.5 Å². The summed E-state index contributed by atoms with van der Waals surface area (Å²) in [6, 6.07) is 5.18. The monoisotopic (exact) mass is 301 g/mol. The van der Waals surface area contributed by atoms with Crippen molar-refractivity contribution in [3.05, 3.63) is 18.2 Å². The van der Waals surface area contributed by atoms with E-state index in [0.29, 0.717) is 17.2 Å². The molecule has 0 saturated heterocycles. The van der Waals surface area contributed by atoms with Crippen LogP contribution < -0.4 is 14.2 Å². The number of hydrogen-bond donors (Lipinski definition) is 0. The number of sulfonamides is 1. The van der Waals surface area contributed by atoms with Gasteiger partial charge < -0.3 is 14.2 Å². The molecule has 0 bridgehead atoms. The van der Waals surface area contributed by atoms with Crippen molar-refractivity contribution in [1.82, 2.24) is 0 Å². The highest BCUT2D eigenvalue weighted by molar-refractivity contribution is 8.24. The minimum Gasteiger partial charge on any atom is -0.449 e. The van der Waals surface area contributed by atoms with E-state index in [-0.39, 0.29) is 10.3 Å². The summed E-state index contributed by atoms with van der Waals surface area (Å²) in [4.78, 5) is 0. The first-order chi connectivity index (χ1) is 8.85. The van der Waals surface area contributed by atoms with E-state index in [9.17, 15) is 8.42 Å². The number of hydrogen-bond acceptors (Lipinski definition) is 6. The SMILES string of the molecule is CC1(C)Oc2cccc(OC3=NS(=O)(=O)CS3)c2O1. The predicted molar refractivity (Wildman–Crippen MR) is 71.2 cm³/mol. The molecule has 2 heterocycles. The van der Waals surface area contributed by atoms with Gasteiger partial charge in [-0.2, -0.15) is 0 Å². The van der Waals surface area contributed by atoms with E-state index in [1.54, 1.807) is 32.0 Å². The third-order valence-electron chi connectivity index (χ3n) is 2.39. The van der Waals surface area contributed by atoms with E-state index < -0.39 is 15.8 Å². The lowest BCUT2D eigenvalue weighted by Gasteiger charge is -2.16. The standard InChI is InChI=1S/C11H11NO5S2/c1-11(2)16-8-5-3-4-7(9(8)17-11)15-10-12-19(13,14)6-18-10/h3-5H,6H2,1-2H3. The van der Waals surface area contributed by atoms with Gasteiger partial charge in [-0.3, -0.25) is 0 Å².